The number of ether oxygens (including phenoxy) is 1. The Balaban J connectivity index is 1.66. The maximum Gasteiger partial charge on any atom is 0.157 e. The minimum Gasteiger partial charge on any atom is -0.381 e. The molecule has 1 aliphatic heterocycles. The van der Waals surface area contributed by atoms with E-state index in [2.05, 4.69) is 11.4 Å². The molecule has 0 saturated carbocycles. The number of nitrogens with one attached hydrogen (secondary N) is 1. The summed E-state index contributed by atoms with van der Waals surface area (Å²) in [5.41, 5.74) is 4.61. The molecule has 7 heteroatoms. The minimum absolute atomic E-state index is 0.111. The van der Waals surface area contributed by atoms with E-state index in [-0.39, 0.29) is 11.9 Å². The molecule has 0 spiro atoms. The van der Waals surface area contributed by atoms with Crippen LogP contribution in [-0.4, -0.2) is 53.4 Å². The predicted molar refractivity (Wildman–Crippen MR) is 117 cm³/mol. The van der Waals surface area contributed by atoms with Gasteiger partial charge in [0.05, 0.1) is 11.7 Å². The van der Waals surface area contributed by atoms with Crippen LogP contribution < -0.4 is 5.32 Å². The number of aromatic nitrogens is 3. The number of benzene rings is 1. The van der Waals surface area contributed by atoms with Crippen molar-refractivity contribution < 1.29 is 9.13 Å². The Hall–Kier alpha value is -2.51. The third kappa shape index (κ3) is 4.04. The SMILES string of the molecule is Cc1nc2cc(C3CCOCC3)nn2c(NC[C@@H](c2ccccc2F)N(C)C)c1C. The maximum absolute atomic E-state index is 14.4. The van der Waals surface area contributed by atoms with Crippen molar-refractivity contribution in [3.05, 3.63) is 58.7 Å². The van der Waals surface area contributed by atoms with Gasteiger partial charge in [-0.05, 0) is 46.9 Å². The number of likely N-dealkylation sites (N-methyl/N-ethyl adjacent to an activating group) is 1. The summed E-state index contributed by atoms with van der Waals surface area (Å²) in [4.78, 5) is 6.77. The number of aryl methyl sites for hydroxylation is 1. The summed E-state index contributed by atoms with van der Waals surface area (Å²) in [6.45, 7) is 6.18. The van der Waals surface area contributed by atoms with Crippen LogP contribution in [0, 0.1) is 19.7 Å². The number of hydrogen-bond donors (Lipinski definition) is 1. The van der Waals surface area contributed by atoms with E-state index in [0.717, 1.165) is 54.5 Å². The molecule has 2 aromatic heterocycles. The highest BCUT2D eigenvalue weighted by atomic mass is 19.1. The van der Waals surface area contributed by atoms with E-state index in [1.807, 2.05) is 49.5 Å². The van der Waals surface area contributed by atoms with Gasteiger partial charge in [-0.2, -0.15) is 9.61 Å². The van der Waals surface area contributed by atoms with Gasteiger partial charge in [-0.3, -0.25) is 0 Å². The van der Waals surface area contributed by atoms with Crippen LogP contribution in [0.3, 0.4) is 0 Å². The molecular formula is C23H30FN5O. The second-order valence-corrected chi connectivity index (χ2v) is 8.28. The van der Waals surface area contributed by atoms with Crippen molar-refractivity contribution in [2.75, 3.05) is 39.2 Å². The molecule has 3 aromatic rings. The Labute approximate surface area is 177 Å². The molecule has 1 fully saturated rings. The summed E-state index contributed by atoms with van der Waals surface area (Å²) in [6.07, 6.45) is 1.97. The third-order valence-corrected chi connectivity index (χ3v) is 6.09. The number of rotatable bonds is 6. The molecule has 160 valence electrons. The fourth-order valence-electron chi connectivity index (χ4n) is 4.13. The Morgan fingerprint density at radius 2 is 1.97 bits per heavy atom. The smallest absolute Gasteiger partial charge is 0.157 e. The van der Waals surface area contributed by atoms with Crippen LogP contribution in [0.4, 0.5) is 10.2 Å². The van der Waals surface area contributed by atoms with Gasteiger partial charge in [-0.1, -0.05) is 18.2 Å². The molecule has 0 unspecified atom stereocenters. The molecule has 0 bridgehead atoms. The molecule has 1 N–H and O–H groups in total. The largest absolute Gasteiger partial charge is 0.381 e. The summed E-state index contributed by atoms with van der Waals surface area (Å²) in [7, 11) is 3.94. The monoisotopic (exact) mass is 411 g/mol. The molecule has 3 heterocycles. The molecule has 1 aliphatic rings. The van der Waals surface area contributed by atoms with Crippen molar-refractivity contribution in [1.29, 1.82) is 0 Å². The number of halogens is 1. The highest BCUT2D eigenvalue weighted by Crippen LogP contribution is 2.29. The topological polar surface area (TPSA) is 54.7 Å². The maximum atomic E-state index is 14.4. The minimum atomic E-state index is -0.188. The first-order valence-electron chi connectivity index (χ1n) is 10.5. The zero-order valence-corrected chi connectivity index (χ0v) is 18.2. The van der Waals surface area contributed by atoms with Crippen molar-refractivity contribution in [3.8, 4) is 0 Å². The fourth-order valence-corrected chi connectivity index (χ4v) is 4.13. The van der Waals surface area contributed by atoms with E-state index in [0.29, 0.717) is 18.0 Å². The molecule has 0 aliphatic carbocycles. The van der Waals surface area contributed by atoms with E-state index in [9.17, 15) is 4.39 Å². The lowest BCUT2D eigenvalue weighted by atomic mass is 9.97. The molecular weight excluding hydrogens is 381 g/mol. The van der Waals surface area contributed by atoms with E-state index in [1.165, 1.54) is 6.07 Å². The van der Waals surface area contributed by atoms with Crippen LogP contribution >= 0.6 is 0 Å². The van der Waals surface area contributed by atoms with E-state index < -0.39 is 0 Å². The molecule has 1 aromatic carbocycles. The number of hydrogen-bond acceptors (Lipinski definition) is 5. The summed E-state index contributed by atoms with van der Waals surface area (Å²) >= 11 is 0. The Bertz CT molecular complexity index is 1030. The van der Waals surface area contributed by atoms with Crippen molar-refractivity contribution in [2.45, 2.75) is 38.6 Å². The van der Waals surface area contributed by atoms with Crippen LogP contribution in [0.2, 0.25) is 0 Å². The van der Waals surface area contributed by atoms with Crippen LogP contribution in [0.15, 0.2) is 30.3 Å². The zero-order chi connectivity index (χ0) is 21.3. The van der Waals surface area contributed by atoms with E-state index >= 15 is 0 Å². The average Bonchev–Trinajstić information content (AvgIpc) is 3.16. The first kappa shape index (κ1) is 20.8. The van der Waals surface area contributed by atoms with E-state index in [4.69, 9.17) is 14.8 Å². The summed E-state index contributed by atoms with van der Waals surface area (Å²) in [5, 5.41) is 8.45. The van der Waals surface area contributed by atoms with Crippen LogP contribution in [0.5, 0.6) is 0 Å². The standard InChI is InChI=1S/C23H30FN5O/c1-15-16(2)26-22-13-20(17-9-11-30-12-10-17)27-29(22)23(15)25-14-21(28(3)4)18-7-5-6-8-19(18)24/h5-8,13,17,21,25H,9-12,14H2,1-4H3/t21-/m0/s1. The highest BCUT2D eigenvalue weighted by molar-refractivity contribution is 5.56. The van der Waals surface area contributed by atoms with Crippen LogP contribution in [0.25, 0.3) is 5.65 Å². The lowest BCUT2D eigenvalue weighted by Crippen LogP contribution is -2.28. The van der Waals surface area contributed by atoms with E-state index in [1.54, 1.807) is 6.07 Å². The zero-order valence-electron chi connectivity index (χ0n) is 18.2. The van der Waals surface area contributed by atoms with Crippen LogP contribution in [0.1, 0.15) is 47.3 Å². The third-order valence-electron chi connectivity index (χ3n) is 6.09. The van der Waals surface area contributed by atoms with Gasteiger partial charge < -0.3 is 15.0 Å². The number of nitrogens with zero attached hydrogens (tertiary/aromatic N) is 4. The Morgan fingerprint density at radius 3 is 2.67 bits per heavy atom. The highest BCUT2D eigenvalue weighted by Gasteiger charge is 2.22. The van der Waals surface area contributed by atoms with Crippen LogP contribution in [-0.2, 0) is 4.74 Å². The van der Waals surface area contributed by atoms with Gasteiger partial charge in [0.15, 0.2) is 5.65 Å². The molecule has 6 nitrogen and oxygen atoms in total. The molecule has 0 amide bonds. The molecule has 1 atom stereocenters. The lowest BCUT2D eigenvalue weighted by Gasteiger charge is -2.26. The molecule has 30 heavy (non-hydrogen) atoms. The fraction of sp³-hybridized carbons (Fsp3) is 0.478. The van der Waals surface area contributed by atoms with Crippen molar-refractivity contribution in [1.82, 2.24) is 19.5 Å². The summed E-state index contributed by atoms with van der Waals surface area (Å²) in [5.74, 6) is 1.13. The van der Waals surface area contributed by atoms with Crippen molar-refractivity contribution in [2.24, 2.45) is 0 Å². The average molecular weight is 412 g/mol. The quantitative estimate of drug-likeness (QED) is 0.662. The first-order valence-corrected chi connectivity index (χ1v) is 10.5. The second-order valence-electron chi connectivity index (χ2n) is 8.28. The van der Waals surface area contributed by atoms with Gasteiger partial charge >= 0.3 is 0 Å². The van der Waals surface area contributed by atoms with Gasteiger partial charge in [-0.25, -0.2) is 9.37 Å². The second kappa shape index (κ2) is 8.70. The van der Waals surface area contributed by atoms with Gasteiger partial charge in [0.2, 0.25) is 0 Å². The molecule has 1 saturated heterocycles. The lowest BCUT2D eigenvalue weighted by molar-refractivity contribution is 0.0844. The molecule has 4 rings (SSSR count). The number of anilines is 1. The number of fused-ring (bicyclic) bond motifs is 1. The van der Waals surface area contributed by atoms with Gasteiger partial charge in [0, 0.05) is 48.6 Å². The first-order chi connectivity index (χ1) is 14.5. The van der Waals surface area contributed by atoms with Crippen molar-refractivity contribution in [3.63, 3.8) is 0 Å². The Kier molecular flexibility index (Phi) is 6.01. The van der Waals surface area contributed by atoms with Gasteiger partial charge in [0.25, 0.3) is 0 Å². The molecule has 0 radical (unpaired) electrons. The summed E-state index contributed by atoms with van der Waals surface area (Å²) < 4.78 is 21.8. The normalized spacial score (nSPS) is 16.3. The van der Waals surface area contributed by atoms with Crippen molar-refractivity contribution >= 4 is 11.5 Å². The van der Waals surface area contributed by atoms with Gasteiger partial charge in [-0.15, -0.1) is 0 Å². The summed E-state index contributed by atoms with van der Waals surface area (Å²) in [6, 6.07) is 8.94. The predicted octanol–water partition coefficient (Wildman–Crippen LogP) is 4.09. The van der Waals surface area contributed by atoms with Gasteiger partial charge in [0.1, 0.15) is 11.6 Å². The Morgan fingerprint density at radius 1 is 1.23 bits per heavy atom.